The predicted molar refractivity (Wildman–Crippen MR) is 60.0 cm³/mol. The van der Waals surface area contributed by atoms with E-state index in [9.17, 15) is 9.59 Å². The van der Waals surface area contributed by atoms with E-state index in [0.29, 0.717) is 6.42 Å². The minimum atomic E-state index is -3.00. The molecule has 0 spiro atoms. The highest BCUT2D eigenvalue weighted by Gasteiger charge is 2.51. The fourth-order valence-electron chi connectivity index (χ4n) is 1.95. The molecule has 0 aromatic heterocycles. The highest BCUT2D eigenvalue weighted by molar-refractivity contribution is 6.64. The Morgan fingerprint density at radius 3 is 2.06 bits per heavy atom. The van der Waals surface area contributed by atoms with Gasteiger partial charge in [-0.3, -0.25) is 0 Å². The van der Waals surface area contributed by atoms with Gasteiger partial charge in [0.05, 0.1) is 11.1 Å². The molecule has 1 heterocycles. The zero-order valence-electron chi connectivity index (χ0n) is 10.3. The largest absolute Gasteiger partial charge is 0.508 e. The van der Waals surface area contributed by atoms with Crippen LogP contribution in [0, 0.1) is 0 Å². The molecule has 0 bridgehead atoms. The van der Waals surface area contributed by atoms with Gasteiger partial charge in [0.25, 0.3) is 0 Å². The molecule has 0 aliphatic carbocycles. The lowest BCUT2D eigenvalue weighted by Gasteiger charge is -2.31. The van der Waals surface area contributed by atoms with Gasteiger partial charge in [-0.1, -0.05) is 6.92 Å². The van der Waals surface area contributed by atoms with Crippen molar-refractivity contribution >= 4 is 20.7 Å². The van der Waals surface area contributed by atoms with Gasteiger partial charge >= 0.3 is 20.7 Å². The number of carbonyl (C=O) groups excluding carboxylic acids is 2. The molecule has 1 unspecified atom stereocenters. The van der Waals surface area contributed by atoms with Gasteiger partial charge in [0, 0.05) is 27.4 Å². The first-order valence-corrected chi connectivity index (χ1v) is 6.98. The smallest absolute Gasteiger partial charge is 0.386 e. The molecule has 1 aliphatic heterocycles. The van der Waals surface area contributed by atoms with Crippen LogP contribution in [0.4, 0.5) is 0 Å². The summed E-state index contributed by atoms with van der Waals surface area (Å²) in [5.74, 6) is -1.31. The van der Waals surface area contributed by atoms with Crippen molar-refractivity contribution in [3.63, 3.8) is 0 Å². The summed E-state index contributed by atoms with van der Waals surface area (Å²) in [5, 5.41) is 0. The maximum absolute atomic E-state index is 11.5. The Morgan fingerprint density at radius 2 is 1.76 bits per heavy atom. The molecule has 96 valence electrons. The number of hydrogen-bond acceptors (Lipinski definition) is 6. The molecule has 17 heavy (non-hydrogen) atoms. The monoisotopic (exact) mass is 260 g/mol. The van der Waals surface area contributed by atoms with E-state index in [1.54, 1.807) is 0 Å². The fraction of sp³-hybridized carbons (Fsp3) is 0.600. The Labute approximate surface area is 101 Å². The van der Waals surface area contributed by atoms with Crippen LogP contribution >= 0.6 is 0 Å². The molecule has 1 aliphatic rings. The second kappa shape index (κ2) is 5.54. The number of rotatable bonds is 6. The van der Waals surface area contributed by atoms with Gasteiger partial charge in [-0.05, 0) is 6.42 Å². The van der Waals surface area contributed by atoms with E-state index in [1.165, 1.54) is 27.4 Å². The second-order valence-corrected chi connectivity index (χ2v) is 6.61. The van der Waals surface area contributed by atoms with Crippen molar-refractivity contribution in [2.24, 2.45) is 0 Å². The van der Waals surface area contributed by atoms with Crippen molar-refractivity contribution in [3.8, 4) is 0 Å². The number of cyclic esters (lactones) is 2. The maximum Gasteiger partial charge on any atom is 0.508 e. The number of ether oxygens (including phenoxy) is 1. The van der Waals surface area contributed by atoms with Gasteiger partial charge in [-0.25, -0.2) is 9.59 Å². The van der Waals surface area contributed by atoms with E-state index in [1.807, 2.05) is 6.92 Å². The van der Waals surface area contributed by atoms with Crippen LogP contribution in [-0.2, 0) is 27.6 Å². The minimum Gasteiger partial charge on any atom is -0.386 e. The molecule has 0 saturated heterocycles. The topological polar surface area (TPSA) is 71.1 Å². The maximum atomic E-state index is 11.5. The van der Waals surface area contributed by atoms with Crippen molar-refractivity contribution in [3.05, 3.63) is 11.6 Å². The molecule has 0 fully saturated rings. The fourth-order valence-corrected chi connectivity index (χ4v) is 4.38. The molecule has 1 atom stereocenters. The van der Waals surface area contributed by atoms with Gasteiger partial charge < -0.3 is 18.0 Å². The molecular formula is C10H16O6Si. The van der Waals surface area contributed by atoms with E-state index in [-0.39, 0.29) is 5.57 Å². The van der Waals surface area contributed by atoms with Gasteiger partial charge in [0.15, 0.2) is 0 Å². The summed E-state index contributed by atoms with van der Waals surface area (Å²) >= 11 is 0. The third kappa shape index (κ3) is 2.47. The van der Waals surface area contributed by atoms with Gasteiger partial charge in [-0.15, -0.1) is 0 Å². The molecule has 7 heteroatoms. The summed E-state index contributed by atoms with van der Waals surface area (Å²) in [5.41, 5.74) is -0.142. The Bertz CT molecular complexity index is 338. The van der Waals surface area contributed by atoms with E-state index in [4.69, 9.17) is 13.3 Å². The molecule has 0 amide bonds. The van der Waals surface area contributed by atoms with Crippen molar-refractivity contribution in [2.45, 2.75) is 18.9 Å². The summed E-state index contributed by atoms with van der Waals surface area (Å²) in [6.45, 7) is 1.86. The van der Waals surface area contributed by atoms with Crippen molar-refractivity contribution in [1.29, 1.82) is 0 Å². The van der Waals surface area contributed by atoms with Crippen LogP contribution in [0.5, 0.6) is 0 Å². The van der Waals surface area contributed by atoms with E-state index < -0.39 is 26.3 Å². The lowest BCUT2D eigenvalue weighted by molar-refractivity contribution is -0.150. The molecule has 1 rings (SSSR count). The summed E-state index contributed by atoms with van der Waals surface area (Å²) in [6.07, 6.45) is 1.73. The quantitative estimate of drug-likeness (QED) is 0.397. The third-order valence-corrected chi connectivity index (χ3v) is 6.05. The Kier molecular flexibility index (Phi) is 4.58. The molecule has 0 aromatic rings. The van der Waals surface area contributed by atoms with Crippen LogP contribution in [-0.4, -0.2) is 42.1 Å². The van der Waals surface area contributed by atoms with Crippen molar-refractivity contribution in [1.82, 2.24) is 0 Å². The summed E-state index contributed by atoms with van der Waals surface area (Å²) in [6, 6.07) is 0. The molecule has 0 radical (unpaired) electrons. The number of carbonyl (C=O) groups is 2. The highest BCUT2D eigenvalue weighted by Crippen LogP contribution is 2.36. The minimum absolute atomic E-state index is 0.259. The Hall–Kier alpha value is -1.02. The Balaban J connectivity index is 3.10. The SMILES string of the molecule is CCC(C1=CC(=O)OC1=O)[Si](OC)(OC)OC. The van der Waals surface area contributed by atoms with Crippen molar-refractivity contribution in [2.75, 3.05) is 21.3 Å². The third-order valence-electron chi connectivity index (χ3n) is 2.77. The standard InChI is InChI=1S/C10H16O6Si/c1-5-8(17(13-2,14-3)15-4)7-6-9(11)16-10(7)12/h6,8H,5H2,1-4H3. The molecule has 6 nitrogen and oxygen atoms in total. The van der Waals surface area contributed by atoms with Crippen LogP contribution < -0.4 is 0 Å². The molecule has 0 N–H and O–H groups in total. The first kappa shape index (κ1) is 14.0. The average Bonchev–Trinajstić information content (AvgIpc) is 2.65. The van der Waals surface area contributed by atoms with Crippen LogP contribution in [0.1, 0.15) is 13.3 Å². The summed E-state index contributed by atoms with van der Waals surface area (Å²) in [4.78, 5) is 22.6. The highest BCUT2D eigenvalue weighted by atomic mass is 28.4. The number of esters is 2. The second-order valence-electron chi connectivity index (χ2n) is 3.48. The van der Waals surface area contributed by atoms with Gasteiger partial charge in [-0.2, -0.15) is 0 Å². The summed E-state index contributed by atoms with van der Waals surface area (Å²) < 4.78 is 20.4. The van der Waals surface area contributed by atoms with Crippen LogP contribution in [0.25, 0.3) is 0 Å². The van der Waals surface area contributed by atoms with Crippen LogP contribution in [0.15, 0.2) is 11.6 Å². The van der Waals surface area contributed by atoms with E-state index in [0.717, 1.165) is 0 Å². The normalized spacial score (nSPS) is 18.0. The predicted octanol–water partition coefficient (Wildman–Crippen LogP) is 0.654. The Morgan fingerprint density at radius 1 is 1.24 bits per heavy atom. The zero-order chi connectivity index (χ0) is 13.1. The summed E-state index contributed by atoms with van der Waals surface area (Å²) in [7, 11) is 1.38. The molecule has 0 aromatic carbocycles. The zero-order valence-corrected chi connectivity index (χ0v) is 11.3. The first-order valence-electron chi connectivity index (χ1n) is 5.17. The van der Waals surface area contributed by atoms with Crippen molar-refractivity contribution < 1.29 is 27.6 Å². The number of hydrogen-bond donors (Lipinski definition) is 0. The average molecular weight is 260 g/mol. The first-order chi connectivity index (χ1) is 8.04. The molecule has 0 saturated carbocycles. The van der Waals surface area contributed by atoms with Gasteiger partial charge in [0.1, 0.15) is 0 Å². The molecular weight excluding hydrogens is 244 g/mol. The lowest BCUT2D eigenvalue weighted by atomic mass is 10.1. The van der Waals surface area contributed by atoms with E-state index in [2.05, 4.69) is 4.74 Å². The van der Waals surface area contributed by atoms with Gasteiger partial charge in [0.2, 0.25) is 0 Å². The lowest BCUT2D eigenvalue weighted by Crippen LogP contribution is -2.48. The van der Waals surface area contributed by atoms with Crippen LogP contribution in [0.3, 0.4) is 0 Å². The van der Waals surface area contributed by atoms with E-state index >= 15 is 0 Å². The van der Waals surface area contributed by atoms with Crippen LogP contribution in [0.2, 0.25) is 5.54 Å².